The lowest BCUT2D eigenvalue weighted by atomic mass is 10.1. The summed E-state index contributed by atoms with van der Waals surface area (Å²) in [6.45, 7) is 2.86. The largest absolute Gasteiger partial charge is 0.399 e. The molecule has 1 amide bonds. The van der Waals surface area contributed by atoms with Crippen LogP contribution in [0.25, 0.3) is 0 Å². The first-order valence-corrected chi connectivity index (χ1v) is 5.84. The Morgan fingerprint density at radius 2 is 2.00 bits per heavy atom. The zero-order valence-electron chi connectivity index (χ0n) is 9.65. The smallest absolute Gasteiger partial charge is 0.227 e. The van der Waals surface area contributed by atoms with Crippen molar-refractivity contribution in [3.05, 3.63) is 29.8 Å². The maximum absolute atomic E-state index is 12.0. The number of nitrogens with two attached hydrogens (primary N) is 1. The fourth-order valence-corrected chi connectivity index (χ4v) is 1.94. The van der Waals surface area contributed by atoms with Crippen LogP contribution in [-0.2, 0) is 11.2 Å². The molecule has 1 aliphatic carbocycles. The van der Waals surface area contributed by atoms with Gasteiger partial charge in [0, 0.05) is 18.3 Å². The van der Waals surface area contributed by atoms with Crippen molar-refractivity contribution >= 4 is 11.6 Å². The van der Waals surface area contributed by atoms with Gasteiger partial charge in [0.1, 0.15) is 0 Å². The first kappa shape index (κ1) is 11.0. The second kappa shape index (κ2) is 4.56. The van der Waals surface area contributed by atoms with Crippen molar-refractivity contribution < 1.29 is 4.79 Å². The summed E-state index contributed by atoms with van der Waals surface area (Å²) in [4.78, 5) is 14.0. The maximum atomic E-state index is 12.0. The van der Waals surface area contributed by atoms with Gasteiger partial charge in [-0.2, -0.15) is 0 Å². The molecule has 0 saturated heterocycles. The fourth-order valence-electron chi connectivity index (χ4n) is 1.94. The van der Waals surface area contributed by atoms with Gasteiger partial charge in [0.25, 0.3) is 0 Å². The van der Waals surface area contributed by atoms with Crippen LogP contribution in [-0.4, -0.2) is 23.4 Å². The SMILES string of the molecule is CCN(C(=O)Cc1ccc(N)cc1)C1CC1. The Morgan fingerprint density at radius 3 is 2.50 bits per heavy atom. The van der Waals surface area contributed by atoms with Gasteiger partial charge < -0.3 is 10.6 Å². The van der Waals surface area contributed by atoms with Crippen molar-refractivity contribution in [2.75, 3.05) is 12.3 Å². The van der Waals surface area contributed by atoms with Gasteiger partial charge >= 0.3 is 0 Å². The number of carbonyl (C=O) groups is 1. The molecule has 0 aromatic heterocycles. The van der Waals surface area contributed by atoms with Crippen molar-refractivity contribution in [1.29, 1.82) is 0 Å². The molecule has 3 nitrogen and oxygen atoms in total. The molecule has 0 unspecified atom stereocenters. The highest BCUT2D eigenvalue weighted by molar-refractivity contribution is 5.79. The van der Waals surface area contributed by atoms with E-state index in [9.17, 15) is 4.79 Å². The number of nitrogen functional groups attached to an aromatic ring is 1. The van der Waals surface area contributed by atoms with Crippen LogP contribution >= 0.6 is 0 Å². The maximum Gasteiger partial charge on any atom is 0.227 e. The number of benzene rings is 1. The van der Waals surface area contributed by atoms with E-state index in [2.05, 4.69) is 0 Å². The molecule has 0 aliphatic heterocycles. The van der Waals surface area contributed by atoms with E-state index in [1.165, 1.54) is 12.8 Å². The minimum absolute atomic E-state index is 0.231. The molecule has 1 aromatic carbocycles. The van der Waals surface area contributed by atoms with E-state index in [1.807, 2.05) is 36.1 Å². The second-order valence-corrected chi connectivity index (χ2v) is 4.33. The highest BCUT2D eigenvalue weighted by Crippen LogP contribution is 2.27. The first-order valence-electron chi connectivity index (χ1n) is 5.84. The number of likely N-dealkylation sites (N-methyl/N-ethyl adjacent to an activating group) is 1. The third-order valence-electron chi connectivity index (χ3n) is 2.98. The quantitative estimate of drug-likeness (QED) is 0.784. The number of hydrogen-bond acceptors (Lipinski definition) is 2. The summed E-state index contributed by atoms with van der Waals surface area (Å²) in [5.74, 6) is 0.231. The van der Waals surface area contributed by atoms with Crippen LogP contribution in [0.1, 0.15) is 25.3 Å². The average Bonchev–Trinajstić information content (AvgIpc) is 3.07. The molecular weight excluding hydrogens is 200 g/mol. The Bertz CT molecular complexity index is 368. The number of rotatable bonds is 4. The normalized spacial score (nSPS) is 14.8. The molecule has 86 valence electrons. The summed E-state index contributed by atoms with van der Waals surface area (Å²) in [6.07, 6.45) is 2.83. The second-order valence-electron chi connectivity index (χ2n) is 4.33. The molecule has 2 rings (SSSR count). The van der Waals surface area contributed by atoms with E-state index in [-0.39, 0.29) is 5.91 Å². The lowest BCUT2D eigenvalue weighted by Gasteiger charge is -2.20. The van der Waals surface area contributed by atoms with E-state index in [1.54, 1.807) is 0 Å². The van der Waals surface area contributed by atoms with Crippen molar-refractivity contribution in [2.45, 2.75) is 32.2 Å². The van der Waals surface area contributed by atoms with Gasteiger partial charge in [0.15, 0.2) is 0 Å². The molecule has 2 N–H and O–H groups in total. The van der Waals surface area contributed by atoms with Crippen LogP contribution in [0.3, 0.4) is 0 Å². The van der Waals surface area contributed by atoms with Crippen LogP contribution < -0.4 is 5.73 Å². The van der Waals surface area contributed by atoms with Crippen molar-refractivity contribution in [3.63, 3.8) is 0 Å². The van der Waals surface area contributed by atoms with Gasteiger partial charge in [0.2, 0.25) is 5.91 Å². The Labute approximate surface area is 96.2 Å². The van der Waals surface area contributed by atoms with Crippen LogP contribution in [0, 0.1) is 0 Å². The van der Waals surface area contributed by atoms with E-state index >= 15 is 0 Å². The summed E-state index contributed by atoms with van der Waals surface area (Å²) < 4.78 is 0. The van der Waals surface area contributed by atoms with Crippen LogP contribution in [0.2, 0.25) is 0 Å². The third-order valence-corrected chi connectivity index (χ3v) is 2.98. The summed E-state index contributed by atoms with van der Waals surface area (Å²) in [5.41, 5.74) is 7.39. The van der Waals surface area contributed by atoms with Gasteiger partial charge in [-0.3, -0.25) is 4.79 Å². The number of amides is 1. The van der Waals surface area contributed by atoms with Gasteiger partial charge in [-0.1, -0.05) is 12.1 Å². The Morgan fingerprint density at radius 1 is 1.38 bits per heavy atom. The first-order chi connectivity index (χ1) is 7.70. The molecule has 1 fully saturated rings. The number of anilines is 1. The monoisotopic (exact) mass is 218 g/mol. The highest BCUT2D eigenvalue weighted by atomic mass is 16.2. The predicted octanol–water partition coefficient (Wildman–Crippen LogP) is 1.82. The zero-order valence-corrected chi connectivity index (χ0v) is 9.65. The summed E-state index contributed by atoms with van der Waals surface area (Å²) in [7, 11) is 0. The van der Waals surface area contributed by atoms with Crippen molar-refractivity contribution in [3.8, 4) is 0 Å². The molecular formula is C13H18N2O. The molecule has 3 heteroatoms. The minimum atomic E-state index is 0.231. The van der Waals surface area contributed by atoms with Crippen molar-refractivity contribution in [2.24, 2.45) is 0 Å². The summed E-state index contributed by atoms with van der Waals surface area (Å²) >= 11 is 0. The van der Waals surface area contributed by atoms with Gasteiger partial charge in [-0.25, -0.2) is 0 Å². The standard InChI is InChI=1S/C13H18N2O/c1-2-15(12-7-8-12)13(16)9-10-3-5-11(14)6-4-10/h3-6,12H,2,7-9,14H2,1H3. The van der Waals surface area contributed by atoms with E-state index in [0.717, 1.165) is 17.8 Å². The molecule has 0 spiro atoms. The van der Waals surface area contributed by atoms with Crippen LogP contribution in [0.5, 0.6) is 0 Å². The lowest BCUT2D eigenvalue weighted by Crippen LogP contribution is -2.33. The van der Waals surface area contributed by atoms with E-state index < -0.39 is 0 Å². The number of carbonyl (C=O) groups excluding carboxylic acids is 1. The van der Waals surface area contributed by atoms with Crippen LogP contribution in [0.4, 0.5) is 5.69 Å². The molecule has 1 aromatic rings. The molecule has 0 bridgehead atoms. The van der Waals surface area contributed by atoms with Gasteiger partial charge in [0.05, 0.1) is 6.42 Å². The van der Waals surface area contributed by atoms with E-state index in [0.29, 0.717) is 12.5 Å². The molecule has 0 atom stereocenters. The summed E-state index contributed by atoms with van der Waals surface area (Å²) in [6, 6.07) is 8.04. The fraction of sp³-hybridized carbons (Fsp3) is 0.462. The molecule has 1 aliphatic rings. The van der Waals surface area contributed by atoms with Gasteiger partial charge in [-0.15, -0.1) is 0 Å². The lowest BCUT2D eigenvalue weighted by molar-refractivity contribution is -0.130. The molecule has 0 radical (unpaired) electrons. The number of nitrogens with zero attached hydrogens (tertiary/aromatic N) is 1. The molecule has 1 saturated carbocycles. The summed E-state index contributed by atoms with van der Waals surface area (Å²) in [5, 5.41) is 0. The molecule has 0 heterocycles. The van der Waals surface area contributed by atoms with Crippen molar-refractivity contribution in [1.82, 2.24) is 4.90 Å². The number of hydrogen-bond donors (Lipinski definition) is 1. The third kappa shape index (κ3) is 2.54. The predicted molar refractivity (Wildman–Crippen MR) is 65.0 cm³/mol. The average molecular weight is 218 g/mol. The highest BCUT2D eigenvalue weighted by Gasteiger charge is 2.30. The minimum Gasteiger partial charge on any atom is -0.399 e. The Hall–Kier alpha value is -1.51. The van der Waals surface area contributed by atoms with Gasteiger partial charge in [-0.05, 0) is 37.5 Å². The van der Waals surface area contributed by atoms with E-state index in [4.69, 9.17) is 5.73 Å². The molecule has 16 heavy (non-hydrogen) atoms. The van der Waals surface area contributed by atoms with Crippen LogP contribution in [0.15, 0.2) is 24.3 Å². The zero-order chi connectivity index (χ0) is 11.5. The topological polar surface area (TPSA) is 46.3 Å². The Kier molecular flexibility index (Phi) is 3.13. The Balaban J connectivity index is 1.97.